The van der Waals surface area contributed by atoms with Crippen LogP contribution in [0.5, 0.6) is 0 Å². The maximum Gasteiger partial charge on any atom is 0.126 e. The lowest BCUT2D eigenvalue weighted by Crippen LogP contribution is -2.08. The van der Waals surface area contributed by atoms with Crippen LogP contribution in [0.15, 0.2) is 18.2 Å². The maximum absolute atomic E-state index is 12.9. The van der Waals surface area contributed by atoms with Gasteiger partial charge in [0.25, 0.3) is 0 Å². The van der Waals surface area contributed by atoms with Crippen molar-refractivity contribution in [2.45, 2.75) is 19.8 Å². The maximum atomic E-state index is 12.9. The molecule has 0 heterocycles. The topological polar surface area (TPSA) is 12.0 Å². The molecule has 0 aliphatic rings. The molecule has 0 aromatic heterocycles. The van der Waals surface area contributed by atoms with E-state index in [0.717, 1.165) is 24.9 Å². The summed E-state index contributed by atoms with van der Waals surface area (Å²) in [6.45, 7) is 2.81. The van der Waals surface area contributed by atoms with E-state index in [1.54, 1.807) is 13.0 Å². The first-order valence-electron chi connectivity index (χ1n) is 4.63. The predicted molar refractivity (Wildman–Crippen MR) is 53.4 cm³/mol. The molecule has 1 rings (SSSR count). The summed E-state index contributed by atoms with van der Waals surface area (Å²) in [5.74, 6) is -0.114. The average Bonchev–Trinajstić information content (AvgIpc) is 2.12. The van der Waals surface area contributed by atoms with Gasteiger partial charge in [-0.3, -0.25) is 0 Å². The van der Waals surface area contributed by atoms with Gasteiger partial charge < -0.3 is 5.32 Å². The van der Waals surface area contributed by atoms with Crippen molar-refractivity contribution in [3.05, 3.63) is 35.1 Å². The van der Waals surface area contributed by atoms with Gasteiger partial charge in [0.15, 0.2) is 0 Å². The van der Waals surface area contributed by atoms with E-state index in [1.807, 2.05) is 19.2 Å². The van der Waals surface area contributed by atoms with E-state index in [1.165, 1.54) is 5.56 Å². The van der Waals surface area contributed by atoms with Crippen molar-refractivity contribution in [1.82, 2.24) is 5.32 Å². The van der Waals surface area contributed by atoms with Crippen molar-refractivity contribution in [3.8, 4) is 0 Å². The first kappa shape index (κ1) is 10.2. The summed E-state index contributed by atoms with van der Waals surface area (Å²) in [4.78, 5) is 0. The first-order valence-corrected chi connectivity index (χ1v) is 4.63. The molecule has 1 N–H and O–H groups in total. The normalized spacial score (nSPS) is 10.4. The van der Waals surface area contributed by atoms with Crippen molar-refractivity contribution < 1.29 is 4.39 Å². The van der Waals surface area contributed by atoms with Gasteiger partial charge in [-0.1, -0.05) is 12.1 Å². The third-order valence-corrected chi connectivity index (χ3v) is 2.11. The Kier molecular flexibility index (Phi) is 3.90. The molecule has 0 atom stereocenters. The van der Waals surface area contributed by atoms with Crippen LogP contribution in [0.1, 0.15) is 17.5 Å². The molecule has 0 aliphatic heterocycles. The van der Waals surface area contributed by atoms with Gasteiger partial charge in [0.1, 0.15) is 5.82 Å². The van der Waals surface area contributed by atoms with E-state index in [4.69, 9.17) is 0 Å². The van der Waals surface area contributed by atoms with Crippen LogP contribution in [0.25, 0.3) is 0 Å². The lowest BCUT2D eigenvalue weighted by atomic mass is 10.1. The number of hydrogen-bond donors (Lipinski definition) is 1. The Hall–Kier alpha value is -0.890. The van der Waals surface area contributed by atoms with Crippen LogP contribution in [0.4, 0.5) is 4.39 Å². The van der Waals surface area contributed by atoms with Crippen LogP contribution in [0.2, 0.25) is 0 Å². The number of benzene rings is 1. The summed E-state index contributed by atoms with van der Waals surface area (Å²) >= 11 is 0. The predicted octanol–water partition coefficient (Wildman–Crippen LogP) is 2.29. The highest BCUT2D eigenvalue weighted by atomic mass is 19.1. The molecule has 0 saturated carbocycles. The summed E-state index contributed by atoms with van der Waals surface area (Å²) in [7, 11) is 1.94. The summed E-state index contributed by atoms with van der Waals surface area (Å²) in [6.07, 6.45) is 2.11. The van der Waals surface area contributed by atoms with E-state index in [-0.39, 0.29) is 5.82 Å². The fourth-order valence-electron chi connectivity index (χ4n) is 1.33. The van der Waals surface area contributed by atoms with Crippen molar-refractivity contribution in [2.75, 3.05) is 13.6 Å². The third kappa shape index (κ3) is 3.15. The Morgan fingerprint density at radius 2 is 2.15 bits per heavy atom. The second-order valence-electron chi connectivity index (χ2n) is 3.29. The second-order valence-corrected chi connectivity index (χ2v) is 3.29. The molecule has 1 aromatic carbocycles. The standard InChI is InChI=1S/C11H16FN/c1-9-8-10(4-3-7-13-2)5-6-11(9)12/h5-6,8,13H,3-4,7H2,1-2H3. The second kappa shape index (κ2) is 4.97. The van der Waals surface area contributed by atoms with Gasteiger partial charge in [0, 0.05) is 0 Å². The highest BCUT2D eigenvalue weighted by molar-refractivity contribution is 5.23. The fraction of sp³-hybridized carbons (Fsp3) is 0.455. The van der Waals surface area contributed by atoms with Gasteiger partial charge in [-0.15, -0.1) is 0 Å². The number of halogens is 1. The molecule has 1 aromatic rings. The lowest BCUT2D eigenvalue weighted by molar-refractivity contribution is 0.617. The van der Waals surface area contributed by atoms with Crippen molar-refractivity contribution in [2.24, 2.45) is 0 Å². The Bertz CT molecular complexity index is 271. The molecule has 0 bridgehead atoms. The Balaban J connectivity index is 2.53. The summed E-state index contributed by atoms with van der Waals surface area (Å²) in [6, 6.07) is 5.33. The molecule has 0 unspecified atom stereocenters. The minimum atomic E-state index is -0.114. The first-order chi connectivity index (χ1) is 6.24. The van der Waals surface area contributed by atoms with Gasteiger partial charge in [-0.05, 0) is 50.6 Å². The Morgan fingerprint density at radius 1 is 1.38 bits per heavy atom. The van der Waals surface area contributed by atoms with Gasteiger partial charge >= 0.3 is 0 Å². The van der Waals surface area contributed by atoms with Crippen LogP contribution in [-0.4, -0.2) is 13.6 Å². The van der Waals surface area contributed by atoms with E-state index in [9.17, 15) is 4.39 Å². The van der Waals surface area contributed by atoms with Crippen LogP contribution in [0, 0.1) is 12.7 Å². The van der Waals surface area contributed by atoms with Crippen LogP contribution >= 0.6 is 0 Å². The minimum Gasteiger partial charge on any atom is -0.320 e. The Morgan fingerprint density at radius 3 is 2.77 bits per heavy atom. The van der Waals surface area contributed by atoms with Crippen LogP contribution < -0.4 is 5.32 Å². The van der Waals surface area contributed by atoms with E-state index >= 15 is 0 Å². The van der Waals surface area contributed by atoms with Crippen LogP contribution in [-0.2, 0) is 6.42 Å². The molecular weight excluding hydrogens is 165 g/mol. The zero-order valence-electron chi connectivity index (χ0n) is 8.23. The highest BCUT2D eigenvalue weighted by Gasteiger charge is 1.98. The van der Waals surface area contributed by atoms with Gasteiger partial charge in [-0.25, -0.2) is 4.39 Å². The van der Waals surface area contributed by atoms with Gasteiger partial charge in [0.05, 0.1) is 0 Å². The third-order valence-electron chi connectivity index (χ3n) is 2.11. The van der Waals surface area contributed by atoms with Crippen molar-refractivity contribution in [3.63, 3.8) is 0 Å². The van der Waals surface area contributed by atoms with Crippen molar-refractivity contribution in [1.29, 1.82) is 0 Å². The zero-order chi connectivity index (χ0) is 9.68. The molecule has 0 radical (unpaired) electrons. The number of nitrogens with one attached hydrogen (secondary N) is 1. The monoisotopic (exact) mass is 181 g/mol. The molecule has 2 heteroatoms. The summed E-state index contributed by atoms with van der Waals surface area (Å²) in [5, 5.41) is 3.09. The van der Waals surface area contributed by atoms with Crippen LogP contribution in [0.3, 0.4) is 0 Å². The highest BCUT2D eigenvalue weighted by Crippen LogP contribution is 2.10. The summed E-state index contributed by atoms with van der Waals surface area (Å²) < 4.78 is 12.9. The molecule has 0 amide bonds. The number of aryl methyl sites for hydroxylation is 2. The SMILES string of the molecule is CNCCCc1ccc(F)c(C)c1. The molecule has 0 spiro atoms. The molecular formula is C11H16FN. The number of rotatable bonds is 4. The largest absolute Gasteiger partial charge is 0.320 e. The molecule has 72 valence electrons. The average molecular weight is 181 g/mol. The van der Waals surface area contributed by atoms with E-state index < -0.39 is 0 Å². The van der Waals surface area contributed by atoms with E-state index in [0.29, 0.717) is 0 Å². The summed E-state index contributed by atoms with van der Waals surface area (Å²) in [5.41, 5.74) is 1.95. The molecule has 0 saturated heterocycles. The molecule has 13 heavy (non-hydrogen) atoms. The molecule has 1 nitrogen and oxygen atoms in total. The Labute approximate surface area is 79.0 Å². The number of hydrogen-bond acceptors (Lipinski definition) is 1. The fourth-order valence-corrected chi connectivity index (χ4v) is 1.33. The van der Waals surface area contributed by atoms with Gasteiger partial charge in [-0.2, -0.15) is 0 Å². The minimum absolute atomic E-state index is 0.114. The smallest absolute Gasteiger partial charge is 0.126 e. The van der Waals surface area contributed by atoms with Gasteiger partial charge in [0.2, 0.25) is 0 Å². The lowest BCUT2D eigenvalue weighted by Gasteiger charge is -2.03. The van der Waals surface area contributed by atoms with E-state index in [2.05, 4.69) is 5.32 Å². The molecule has 0 aliphatic carbocycles. The zero-order valence-corrected chi connectivity index (χ0v) is 8.23. The van der Waals surface area contributed by atoms with Crippen molar-refractivity contribution >= 4 is 0 Å². The quantitative estimate of drug-likeness (QED) is 0.703. The molecule has 0 fully saturated rings.